The zero-order valence-corrected chi connectivity index (χ0v) is 12.3. The van der Waals surface area contributed by atoms with Gasteiger partial charge in [0.2, 0.25) is 5.95 Å². The maximum Gasteiger partial charge on any atom is 0.201 e. The van der Waals surface area contributed by atoms with Gasteiger partial charge in [-0.1, -0.05) is 23.2 Å². The number of rotatable bonds is 3. The van der Waals surface area contributed by atoms with Gasteiger partial charge >= 0.3 is 0 Å². The zero-order valence-electron chi connectivity index (χ0n) is 9.98. The van der Waals surface area contributed by atoms with Crippen molar-refractivity contribution in [3.63, 3.8) is 0 Å². The minimum absolute atomic E-state index is 0.0147. The molecule has 1 heterocycles. The summed E-state index contributed by atoms with van der Waals surface area (Å²) < 4.78 is 13.2. The monoisotopic (exact) mass is 305 g/mol. The summed E-state index contributed by atoms with van der Waals surface area (Å²) in [6, 6.07) is 3.41. The number of nitrogens with zero attached hydrogens (tertiary/aromatic N) is 2. The summed E-state index contributed by atoms with van der Waals surface area (Å²) in [6.45, 7) is 2.43. The van der Waals surface area contributed by atoms with Gasteiger partial charge in [-0.3, -0.25) is 4.21 Å². The quantitative estimate of drug-likeness (QED) is 0.948. The highest BCUT2D eigenvalue weighted by atomic mass is 35.5. The summed E-state index contributed by atoms with van der Waals surface area (Å²) in [4.78, 5) is 4.23. The van der Waals surface area contributed by atoms with Crippen molar-refractivity contribution >= 4 is 51.0 Å². The first-order chi connectivity index (χ1) is 8.40. The number of hydrogen-bond donors (Lipinski definition) is 1. The van der Waals surface area contributed by atoms with Gasteiger partial charge in [0.15, 0.2) is 0 Å². The molecule has 0 radical (unpaired) electrons. The molecule has 4 nitrogen and oxygen atoms in total. The molecule has 18 heavy (non-hydrogen) atoms. The number of halogens is 2. The standard InChI is InChI=1S/C11H13Cl2N3OS/c1-6(18(2)17)5-16-10-4-8(13)7(12)3-9(10)15-11(16)14/h3-4,6H,5H2,1-2H3,(H2,14,15). The van der Waals surface area contributed by atoms with Gasteiger partial charge in [0.25, 0.3) is 0 Å². The second-order valence-electron chi connectivity index (χ2n) is 4.14. The highest BCUT2D eigenvalue weighted by Gasteiger charge is 2.15. The van der Waals surface area contributed by atoms with Crippen LogP contribution in [0.4, 0.5) is 5.95 Å². The lowest BCUT2D eigenvalue weighted by molar-refractivity contribution is 0.653. The first kappa shape index (κ1) is 13.6. The number of anilines is 1. The first-order valence-corrected chi connectivity index (χ1v) is 7.71. The van der Waals surface area contributed by atoms with E-state index in [1.54, 1.807) is 18.4 Å². The highest BCUT2D eigenvalue weighted by molar-refractivity contribution is 7.84. The number of hydrogen-bond acceptors (Lipinski definition) is 3. The Balaban J connectivity index is 2.53. The Morgan fingerprint density at radius 1 is 1.44 bits per heavy atom. The molecule has 0 bridgehead atoms. The molecule has 0 saturated carbocycles. The van der Waals surface area contributed by atoms with Crippen molar-refractivity contribution in [1.29, 1.82) is 0 Å². The molecule has 0 spiro atoms. The molecular weight excluding hydrogens is 293 g/mol. The van der Waals surface area contributed by atoms with Crippen LogP contribution in [0.5, 0.6) is 0 Å². The van der Waals surface area contributed by atoms with Crippen LogP contribution in [0.3, 0.4) is 0 Å². The average molecular weight is 306 g/mol. The molecule has 0 amide bonds. The molecule has 7 heteroatoms. The lowest BCUT2D eigenvalue weighted by atomic mass is 10.3. The molecule has 2 atom stereocenters. The van der Waals surface area contributed by atoms with E-state index in [0.29, 0.717) is 28.1 Å². The molecule has 0 aliphatic heterocycles. The second-order valence-corrected chi connectivity index (χ2v) is 6.76. The van der Waals surface area contributed by atoms with E-state index in [1.807, 2.05) is 11.5 Å². The van der Waals surface area contributed by atoms with Gasteiger partial charge in [0.05, 0.1) is 21.1 Å². The van der Waals surface area contributed by atoms with Crippen molar-refractivity contribution in [2.24, 2.45) is 0 Å². The molecule has 2 unspecified atom stereocenters. The molecule has 1 aromatic heterocycles. The van der Waals surface area contributed by atoms with Crippen molar-refractivity contribution in [1.82, 2.24) is 9.55 Å². The molecule has 2 aromatic rings. The fourth-order valence-electron chi connectivity index (χ4n) is 1.69. The van der Waals surface area contributed by atoms with Crippen LogP contribution in [0.15, 0.2) is 12.1 Å². The minimum Gasteiger partial charge on any atom is -0.369 e. The van der Waals surface area contributed by atoms with E-state index in [1.165, 1.54) is 0 Å². The van der Waals surface area contributed by atoms with Crippen molar-refractivity contribution in [3.8, 4) is 0 Å². The van der Waals surface area contributed by atoms with E-state index in [0.717, 1.165) is 5.52 Å². The van der Waals surface area contributed by atoms with E-state index in [-0.39, 0.29) is 5.25 Å². The molecule has 98 valence electrons. The summed E-state index contributed by atoms with van der Waals surface area (Å²) in [7, 11) is -0.919. The summed E-state index contributed by atoms with van der Waals surface area (Å²) in [6.07, 6.45) is 1.67. The van der Waals surface area contributed by atoms with Crippen molar-refractivity contribution in [2.45, 2.75) is 18.7 Å². The van der Waals surface area contributed by atoms with E-state index in [4.69, 9.17) is 28.9 Å². The van der Waals surface area contributed by atoms with Gasteiger partial charge in [-0.15, -0.1) is 0 Å². The molecule has 2 N–H and O–H groups in total. The molecule has 1 aromatic carbocycles. The van der Waals surface area contributed by atoms with Crippen LogP contribution in [-0.2, 0) is 17.3 Å². The number of nitrogens with two attached hydrogens (primary N) is 1. The van der Waals surface area contributed by atoms with Gasteiger partial charge in [-0.2, -0.15) is 0 Å². The Hall–Kier alpha value is -0.780. The zero-order chi connectivity index (χ0) is 13.4. The molecule has 0 aliphatic carbocycles. The van der Waals surface area contributed by atoms with Crippen LogP contribution in [0.25, 0.3) is 11.0 Å². The smallest absolute Gasteiger partial charge is 0.201 e. The Morgan fingerprint density at radius 3 is 2.67 bits per heavy atom. The summed E-state index contributed by atoms with van der Waals surface area (Å²) in [5.41, 5.74) is 7.36. The van der Waals surface area contributed by atoms with E-state index < -0.39 is 10.8 Å². The molecule has 0 aliphatic rings. The lowest BCUT2D eigenvalue weighted by Gasteiger charge is -2.11. The maximum absolute atomic E-state index is 11.4. The Kier molecular flexibility index (Phi) is 3.84. The molecule has 0 fully saturated rings. The number of fused-ring (bicyclic) bond motifs is 1. The average Bonchev–Trinajstić information content (AvgIpc) is 2.56. The van der Waals surface area contributed by atoms with E-state index in [2.05, 4.69) is 4.98 Å². The number of nitrogen functional groups attached to an aromatic ring is 1. The van der Waals surface area contributed by atoms with Crippen LogP contribution < -0.4 is 5.73 Å². The third-order valence-electron chi connectivity index (χ3n) is 2.83. The van der Waals surface area contributed by atoms with Crippen molar-refractivity contribution < 1.29 is 4.21 Å². The number of imidazole rings is 1. The first-order valence-electron chi connectivity index (χ1n) is 5.33. The summed E-state index contributed by atoms with van der Waals surface area (Å²) >= 11 is 11.9. The van der Waals surface area contributed by atoms with Gasteiger partial charge in [-0.25, -0.2) is 4.98 Å². The Morgan fingerprint density at radius 2 is 2.06 bits per heavy atom. The summed E-state index contributed by atoms with van der Waals surface area (Å²) in [5, 5.41) is 0.885. The van der Waals surface area contributed by atoms with Crippen molar-refractivity contribution in [3.05, 3.63) is 22.2 Å². The fraction of sp³-hybridized carbons (Fsp3) is 0.364. The van der Waals surface area contributed by atoms with Crippen molar-refractivity contribution in [2.75, 3.05) is 12.0 Å². The SMILES string of the molecule is CC(Cn1c(N)nc2cc(Cl)c(Cl)cc21)S(C)=O. The normalized spacial score (nSPS) is 14.9. The van der Waals surface area contributed by atoms with Crippen LogP contribution in [-0.4, -0.2) is 25.3 Å². The third kappa shape index (κ3) is 2.48. The Labute approximate surface area is 118 Å². The second kappa shape index (κ2) is 5.07. The van der Waals surface area contributed by atoms with Gasteiger partial charge in [0.1, 0.15) is 0 Å². The van der Waals surface area contributed by atoms with Crippen LogP contribution in [0.1, 0.15) is 6.92 Å². The van der Waals surface area contributed by atoms with Gasteiger partial charge in [0, 0.05) is 28.9 Å². The van der Waals surface area contributed by atoms with Gasteiger partial charge in [-0.05, 0) is 19.1 Å². The van der Waals surface area contributed by atoms with Crippen LogP contribution in [0.2, 0.25) is 10.0 Å². The predicted octanol–water partition coefficient (Wildman–Crippen LogP) is 2.69. The van der Waals surface area contributed by atoms with Gasteiger partial charge < -0.3 is 10.3 Å². The topological polar surface area (TPSA) is 60.9 Å². The fourth-order valence-corrected chi connectivity index (χ4v) is 2.37. The highest BCUT2D eigenvalue weighted by Crippen LogP contribution is 2.29. The number of benzene rings is 1. The largest absolute Gasteiger partial charge is 0.369 e. The lowest BCUT2D eigenvalue weighted by Crippen LogP contribution is -2.18. The number of aromatic nitrogens is 2. The summed E-state index contributed by atoms with van der Waals surface area (Å²) in [5.74, 6) is 0.376. The van der Waals surface area contributed by atoms with E-state index >= 15 is 0 Å². The predicted molar refractivity (Wildman–Crippen MR) is 77.7 cm³/mol. The van der Waals surface area contributed by atoms with E-state index in [9.17, 15) is 4.21 Å². The van der Waals surface area contributed by atoms with Crippen LogP contribution >= 0.6 is 23.2 Å². The molecule has 0 saturated heterocycles. The van der Waals surface area contributed by atoms with Crippen LogP contribution in [0, 0.1) is 0 Å². The Bertz CT molecular complexity index is 626. The minimum atomic E-state index is -0.919. The maximum atomic E-state index is 11.4. The molecular formula is C11H13Cl2N3OS. The third-order valence-corrected chi connectivity index (χ3v) is 4.83. The molecule has 2 rings (SSSR count).